The van der Waals surface area contributed by atoms with Crippen LogP contribution in [-0.2, 0) is 6.18 Å². The van der Waals surface area contributed by atoms with Crippen molar-refractivity contribution in [3.8, 4) is 5.75 Å². The van der Waals surface area contributed by atoms with Crippen LogP contribution in [0.15, 0.2) is 72.3 Å². The SMILES string of the molecule is COc1ccc(NC(=O)N(CC23CC4CC(CC(C4)C2)C3)CC2(O)CCC3C45C=CC6(C=C4C(=O)c4cccc(C(F)(F)F)c4)CC(O)CCC6(C)C5CCC32C)cc1. The first-order chi connectivity index (χ1) is 27.9. The predicted octanol–water partition coefficient (Wildman–Crippen LogP) is 10.2. The zero-order valence-corrected chi connectivity index (χ0v) is 34.6. The first kappa shape index (κ1) is 39.5. The number of nitrogens with zero attached hydrogens (tertiary/aromatic N) is 1. The molecule has 0 aromatic heterocycles. The maximum absolute atomic E-state index is 15.0. The second kappa shape index (κ2) is 13.2. The van der Waals surface area contributed by atoms with Crippen molar-refractivity contribution in [2.75, 3.05) is 25.5 Å². The zero-order chi connectivity index (χ0) is 41.4. The topological polar surface area (TPSA) is 99.1 Å². The molecule has 316 valence electrons. The number of hydrogen-bond acceptors (Lipinski definition) is 5. The molecule has 0 radical (unpaired) electrons. The lowest BCUT2D eigenvalue weighted by molar-refractivity contribution is -0.176. The van der Waals surface area contributed by atoms with Crippen LogP contribution in [0.25, 0.3) is 0 Å². The maximum Gasteiger partial charge on any atom is 0.416 e. The number of aliphatic hydroxyl groups is 2. The van der Waals surface area contributed by atoms with Gasteiger partial charge in [-0.3, -0.25) is 4.79 Å². The van der Waals surface area contributed by atoms with Gasteiger partial charge >= 0.3 is 12.2 Å². The number of benzene rings is 2. The third-order valence-corrected chi connectivity index (χ3v) is 18.2. The summed E-state index contributed by atoms with van der Waals surface area (Å²) in [5.74, 6) is 2.14. The number of allylic oxidation sites excluding steroid dienone is 4. The number of carbonyl (C=O) groups excluding carboxylic acids is 2. The van der Waals surface area contributed by atoms with E-state index in [9.17, 15) is 33.0 Å². The first-order valence-corrected chi connectivity index (χ1v) is 22.2. The third-order valence-electron chi connectivity index (χ3n) is 18.2. The van der Waals surface area contributed by atoms with E-state index < -0.39 is 45.5 Å². The van der Waals surface area contributed by atoms with E-state index in [2.05, 4.69) is 31.3 Å². The molecule has 3 N–H and O–H groups in total. The van der Waals surface area contributed by atoms with Gasteiger partial charge < -0.3 is 25.2 Å². The molecule has 10 aliphatic rings. The number of hydrogen-bond donors (Lipinski definition) is 3. The minimum Gasteiger partial charge on any atom is -0.497 e. The number of aliphatic hydroxyl groups excluding tert-OH is 1. The second-order valence-corrected chi connectivity index (χ2v) is 21.2. The van der Waals surface area contributed by atoms with Crippen molar-refractivity contribution in [3.63, 3.8) is 0 Å². The van der Waals surface area contributed by atoms with Crippen molar-refractivity contribution in [2.45, 2.75) is 115 Å². The Morgan fingerprint density at radius 3 is 2.15 bits per heavy atom. The molecule has 7 fully saturated rings. The van der Waals surface area contributed by atoms with Crippen LogP contribution < -0.4 is 10.1 Å². The molecule has 8 unspecified atom stereocenters. The Balaban J connectivity index is 1.03. The summed E-state index contributed by atoms with van der Waals surface area (Å²) in [5, 5.41) is 27.7. The Labute approximate surface area is 345 Å². The number of fused-ring (bicyclic) bond motifs is 1. The first-order valence-electron chi connectivity index (χ1n) is 22.2. The number of rotatable bonds is 8. The van der Waals surface area contributed by atoms with Crippen LogP contribution in [0.5, 0.6) is 5.75 Å². The molecule has 12 rings (SSSR count). The van der Waals surface area contributed by atoms with Gasteiger partial charge in [-0.1, -0.05) is 44.2 Å². The number of Topliss-reactive ketones (excluding diaryl/α,β-unsaturated/α-hetero) is 1. The molecule has 59 heavy (non-hydrogen) atoms. The highest BCUT2D eigenvalue weighted by Gasteiger charge is 2.74. The molecule has 2 aromatic carbocycles. The fourth-order valence-electron chi connectivity index (χ4n) is 15.9. The molecule has 0 heterocycles. The smallest absolute Gasteiger partial charge is 0.416 e. The largest absolute Gasteiger partial charge is 0.497 e. The average Bonchev–Trinajstić information content (AvgIpc) is 3.46. The lowest BCUT2D eigenvalue weighted by Gasteiger charge is -2.71. The van der Waals surface area contributed by atoms with Crippen LogP contribution in [0.1, 0.15) is 113 Å². The molecular formula is C49H59F3N2O5. The Morgan fingerprint density at radius 1 is 0.847 bits per heavy atom. The molecular weight excluding hydrogens is 754 g/mol. The van der Waals surface area contributed by atoms with Gasteiger partial charge in [0.25, 0.3) is 0 Å². The number of halogens is 3. The maximum atomic E-state index is 15.0. The molecule has 8 atom stereocenters. The van der Waals surface area contributed by atoms with Gasteiger partial charge in [-0.25, -0.2) is 4.79 Å². The van der Waals surface area contributed by atoms with Crippen LogP contribution in [0.2, 0.25) is 0 Å². The highest BCUT2D eigenvalue weighted by Crippen LogP contribution is 2.78. The Morgan fingerprint density at radius 2 is 1.49 bits per heavy atom. The Hall–Kier alpha value is -3.63. The molecule has 0 aliphatic heterocycles. The third kappa shape index (κ3) is 5.80. The minimum absolute atomic E-state index is 0.00657. The van der Waals surface area contributed by atoms with Crippen molar-refractivity contribution < 1.29 is 37.7 Å². The fraction of sp³-hybridized carbons (Fsp3) is 0.633. The van der Waals surface area contributed by atoms with Gasteiger partial charge in [-0.15, -0.1) is 0 Å². The summed E-state index contributed by atoms with van der Waals surface area (Å²) < 4.78 is 47.5. The van der Waals surface area contributed by atoms with Crippen LogP contribution in [0, 0.1) is 56.7 Å². The molecule has 2 aromatic rings. The summed E-state index contributed by atoms with van der Waals surface area (Å²) in [5.41, 5.74) is -3.41. The molecule has 10 aliphatic carbocycles. The number of carbonyl (C=O) groups is 2. The van der Waals surface area contributed by atoms with Crippen molar-refractivity contribution >= 4 is 17.5 Å². The summed E-state index contributed by atoms with van der Waals surface area (Å²) >= 11 is 0. The highest BCUT2D eigenvalue weighted by atomic mass is 19.4. The number of ketones is 1. The highest BCUT2D eigenvalue weighted by molar-refractivity contribution is 6.10. The molecule has 7 nitrogen and oxygen atoms in total. The normalized spacial score (nSPS) is 42.4. The summed E-state index contributed by atoms with van der Waals surface area (Å²) in [6.07, 6.45) is 12.8. The van der Waals surface area contributed by atoms with Gasteiger partial charge in [0, 0.05) is 39.6 Å². The number of anilines is 1. The van der Waals surface area contributed by atoms with Crippen LogP contribution in [0.4, 0.5) is 23.7 Å². The van der Waals surface area contributed by atoms with Crippen LogP contribution >= 0.6 is 0 Å². The predicted molar refractivity (Wildman–Crippen MR) is 219 cm³/mol. The van der Waals surface area contributed by atoms with E-state index in [-0.39, 0.29) is 40.8 Å². The van der Waals surface area contributed by atoms with Crippen molar-refractivity contribution in [1.82, 2.24) is 4.90 Å². The summed E-state index contributed by atoms with van der Waals surface area (Å²) in [6, 6.07) is 11.9. The lowest BCUT2D eigenvalue weighted by Crippen LogP contribution is -2.67. The summed E-state index contributed by atoms with van der Waals surface area (Å²) in [4.78, 5) is 31.6. The van der Waals surface area contributed by atoms with Gasteiger partial charge in [-0.2, -0.15) is 13.2 Å². The number of nitrogens with one attached hydrogen (secondary N) is 1. The van der Waals surface area contributed by atoms with Gasteiger partial charge in [0.2, 0.25) is 0 Å². The molecule has 6 bridgehead atoms. The number of methoxy groups -OCH3 is 1. The monoisotopic (exact) mass is 812 g/mol. The number of amides is 2. The molecule has 0 saturated heterocycles. The van der Waals surface area contributed by atoms with Gasteiger partial charge in [0.1, 0.15) is 5.75 Å². The zero-order valence-electron chi connectivity index (χ0n) is 34.6. The fourth-order valence-corrected chi connectivity index (χ4v) is 15.9. The van der Waals surface area contributed by atoms with E-state index in [0.717, 1.165) is 37.8 Å². The number of ether oxygens (including phenoxy) is 1. The molecule has 7 saturated carbocycles. The van der Waals surface area contributed by atoms with E-state index in [1.807, 2.05) is 35.2 Å². The van der Waals surface area contributed by atoms with E-state index >= 15 is 0 Å². The Kier molecular flexibility index (Phi) is 8.83. The summed E-state index contributed by atoms with van der Waals surface area (Å²) in [7, 11) is 1.61. The van der Waals surface area contributed by atoms with Crippen LogP contribution in [0.3, 0.4) is 0 Å². The summed E-state index contributed by atoms with van der Waals surface area (Å²) in [6.45, 7) is 5.19. The molecule has 2 amide bonds. The average molecular weight is 813 g/mol. The van der Waals surface area contributed by atoms with Gasteiger partial charge in [0.05, 0.1) is 30.9 Å². The van der Waals surface area contributed by atoms with E-state index in [4.69, 9.17) is 4.74 Å². The number of urea groups is 1. The lowest BCUT2D eigenvalue weighted by atomic mass is 9.32. The van der Waals surface area contributed by atoms with Gasteiger partial charge in [0.15, 0.2) is 5.78 Å². The van der Waals surface area contributed by atoms with Crippen molar-refractivity contribution in [2.24, 2.45) is 56.7 Å². The van der Waals surface area contributed by atoms with Gasteiger partial charge in [-0.05, 0) is 160 Å². The molecule has 2 spiro atoms. The van der Waals surface area contributed by atoms with Crippen molar-refractivity contribution in [3.05, 3.63) is 83.5 Å². The van der Waals surface area contributed by atoms with Crippen LogP contribution in [-0.4, -0.2) is 58.8 Å². The Bertz CT molecular complexity index is 2080. The molecule has 10 heteroatoms. The second-order valence-electron chi connectivity index (χ2n) is 21.2. The number of alkyl halides is 3. The van der Waals surface area contributed by atoms with E-state index in [1.165, 1.54) is 31.4 Å². The van der Waals surface area contributed by atoms with E-state index in [1.54, 1.807) is 7.11 Å². The minimum atomic E-state index is -4.60. The standard InChI is InChI=1S/C49H59F3N2O5/c1-43-14-11-36(55)26-46(43)17-18-48(38(27-46)41(56)33-5-4-6-34(22-33)49(50,51)52)39(43)12-15-44(2)40(48)13-16-47(44,58)29-54(42(57)53-35-7-9-37(59-3)10-8-35)28-45-23-30-19-31(24-45)21-32(20-30)25-45/h4-10,17-18,22,27,30-32,36,39-40,55,58H,11-16,19-21,23-26,28-29H2,1-3H3,(H,53,57). The van der Waals surface area contributed by atoms with Crippen molar-refractivity contribution in [1.29, 1.82) is 0 Å². The van der Waals surface area contributed by atoms with E-state index in [0.29, 0.717) is 79.8 Å². The quantitative estimate of drug-likeness (QED) is 0.182.